The number of piperazine rings is 1. The molecule has 2 nitrogen and oxygen atoms in total. The molecule has 0 bridgehead atoms. The Balaban J connectivity index is 1.77. The molecule has 0 amide bonds. The number of piperidine rings is 1. The largest absolute Gasteiger partial charge is 0.298 e. The van der Waals surface area contributed by atoms with Gasteiger partial charge in [-0.15, -0.1) is 0 Å². The Morgan fingerprint density at radius 3 is 2.80 bits per heavy atom. The lowest BCUT2D eigenvalue weighted by Gasteiger charge is -2.49. The molecule has 0 saturated carbocycles. The topological polar surface area (TPSA) is 6.48 Å². The summed E-state index contributed by atoms with van der Waals surface area (Å²) in [4.78, 5) is 5.34. The molecule has 0 radical (unpaired) electrons. The normalized spacial score (nSPS) is 29.9. The minimum Gasteiger partial charge on any atom is -0.298 e. The van der Waals surface area contributed by atoms with Gasteiger partial charge in [-0.3, -0.25) is 9.80 Å². The average Bonchev–Trinajstić information content (AvgIpc) is 2.46. The molecule has 2 heterocycles. The lowest BCUT2D eigenvalue weighted by Crippen LogP contribution is -2.59. The van der Waals surface area contributed by atoms with Crippen molar-refractivity contribution < 1.29 is 0 Å². The van der Waals surface area contributed by atoms with Gasteiger partial charge in [-0.1, -0.05) is 36.2 Å². The summed E-state index contributed by atoms with van der Waals surface area (Å²) in [6.07, 6.45) is 4.13. The molecule has 2 saturated heterocycles. The van der Waals surface area contributed by atoms with Gasteiger partial charge in [-0.25, -0.2) is 0 Å². The molecule has 0 aliphatic carbocycles. The molecular weight excluding hydrogens is 268 g/mol. The van der Waals surface area contributed by atoms with Crippen LogP contribution >= 0.6 is 11.6 Å². The fourth-order valence-electron chi connectivity index (χ4n) is 3.91. The van der Waals surface area contributed by atoms with E-state index in [1.807, 2.05) is 12.1 Å². The van der Waals surface area contributed by atoms with Gasteiger partial charge in [0.15, 0.2) is 0 Å². The van der Waals surface area contributed by atoms with Crippen molar-refractivity contribution in [1.82, 2.24) is 9.80 Å². The van der Waals surface area contributed by atoms with Crippen LogP contribution in [0.5, 0.6) is 0 Å². The first-order valence-corrected chi connectivity index (χ1v) is 8.29. The smallest absolute Gasteiger partial charge is 0.0453 e. The minimum atomic E-state index is 0.405. The van der Waals surface area contributed by atoms with Crippen LogP contribution in [0, 0.1) is 0 Å². The summed E-state index contributed by atoms with van der Waals surface area (Å²) in [6.45, 7) is 8.35. The maximum atomic E-state index is 6.39. The van der Waals surface area contributed by atoms with Crippen molar-refractivity contribution in [3.8, 4) is 0 Å². The minimum absolute atomic E-state index is 0.405. The summed E-state index contributed by atoms with van der Waals surface area (Å²) < 4.78 is 0. The zero-order chi connectivity index (χ0) is 14.1. The van der Waals surface area contributed by atoms with Crippen LogP contribution in [0.2, 0.25) is 5.02 Å². The van der Waals surface area contributed by atoms with Crippen molar-refractivity contribution in [3.63, 3.8) is 0 Å². The van der Waals surface area contributed by atoms with Gasteiger partial charge in [0, 0.05) is 36.2 Å². The maximum absolute atomic E-state index is 6.39. The average molecular weight is 293 g/mol. The Morgan fingerprint density at radius 2 is 2.00 bits per heavy atom. The van der Waals surface area contributed by atoms with Crippen LogP contribution in [0.1, 0.15) is 44.7 Å². The van der Waals surface area contributed by atoms with Crippen molar-refractivity contribution in [1.29, 1.82) is 0 Å². The molecule has 0 N–H and O–H groups in total. The first kappa shape index (κ1) is 14.4. The third-order valence-corrected chi connectivity index (χ3v) is 5.43. The molecule has 3 heteroatoms. The van der Waals surface area contributed by atoms with E-state index in [1.54, 1.807) is 0 Å². The molecule has 3 atom stereocenters. The Hall–Kier alpha value is -0.570. The van der Waals surface area contributed by atoms with Gasteiger partial charge in [-0.2, -0.15) is 0 Å². The molecule has 1 aromatic rings. The van der Waals surface area contributed by atoms with Gasteiger partial charge in [0.05, 0.1) is 0 Å². The summed E-state index contributed by atoms with van der Waals surface area (Å²) >= 11 is 6.39. The SMILES string of the molecule is CC1CN2CCCCC2CN1C(C)c1ccccc1Cl. The molecule has 3 rings (SSSR count). The summed E-state index contributed by atoms with van der Waals surface area (Å²) in [5, 5.41) is 0.901. The van der Waals surface area contributed by atoms with E-state index in [-0.39, 0.29) is 0 Å². The third-order valence-electron chi connectivity index (χ3n) is 5.09. The van der Waals surface area contributed by atoms with E-state index in [1.165, 1.54) is 44.5 Å². The number of benzene rings is 1. The Morgan fingerprint density at radius 1 is 1.20 bits per heavy atom. The zero-order valence-electron chi connectivity index (χ0n) is 12.6. The van der Waals surface area contributed by atoms with Crippen molar-refractivity contribution in [3.05, 3.63) is 34.9 Å². The molecule has 3 unspecified atom stereocenters. The number of hydrogen-bond acceptors (Lipinski definition) is 2. The molecule has 2 fully saturated rings. The van der Waals surface area contributed by atoms with Crippen molar-refractivity contribution in [2.75, 3.05) is 19.6 Å². The second-order valence-electron chi connectivity index (χ2n) is 6.39. The number of nitrogens with zero attached hydrogens (tertiary/aromatic N) is 2. The standard InChI is InChI=1S/C17H25ClN2/c1-13-11-19-10-6-5-7-15(19)12-20(13)14(2)16-8-3-4-9-17(16)18/h3-4,8-9,13-15H,5-7,10-12H2,1-2H3. The molecule has 2 aliphatic rings. The van der Waals surface area contributed by atoms with Crippen LogP contribution in [-0.2, 0) is 0 Å². The Bertz CT molecular complexity index is 462. The van der Waals surface area contributed by atoms with Crippen LogP contribution in [0.15, 0.2) is 24.3 Å². The molecule has 0 aromatic heterocycles. The first-order valence-electron chi connectivity index (χ1n) is 7.91. The summed E-state index contributed by atoms with van der Waals surface area (Å²) in [7, 11) is 0. The summed E-state index contributed by atoms with van der Waals surface area (Å²) in [6, 6.07) is 10.1. The maximum Gasteiger partial charge on any atom is 0.0453 e. The third kappa shape index (κ3) is 2.74. The molecule has 0 spiro atoms. The van der Waals surface area contributed by atoms with Crippen LogP contribution in [0.4, 0.5) is 0 Å². The summed E-state index contributed by atoms with van der Waals surface area (Å²) in [5.74, 6) is 0. The molecule has 1 aromatic carbocycles. The fourth-order valence-corrected chi connectivity index (χ4v) is 4.20. The molecule has 2 aliphatic heterocycles. The Labute approximate surface area is 127 Å². The van der Waals surface area contributed by atoms with Crippen LogP contribution in [0.3, 0.4) is 0 Å². The van der Waals surface area contributed by atoms with Gasteiger partial charge in [0.1, 0.15) is 0 Å². The van der Waals surface area contributed by atoms with Gasteiger partial charge in [-0.05, 0) is 44.9 Å². The number of rotatable bonds is 2. The van der Waals surface area contributed by atoms with E-state index in [0.717, 1.165) is 11.1 Å². The number of halogens is 1. The summed E-state index contributed by atoms with van der Waals surface area (Å²) in [5.41, 5.74) is 1.27. The van der Waals surface area contributed by atoms with Crippen molar-refractivity contribution >= 4 is 11.6 Å². The first-order chi connectivity index (χ1) is 9.66. The van der Waals surface area contributed by atoms with E-state index in [4.69, 9.17) is 11.6 Å². The van der Waals surface area contributed by atoms with E-state index >= 15 is 0 Å². The monoisotopic (exact) mass is 292 g/mol. The molecular formula is C17H25ClN2. The quantitative estimate of drug-likeness (QED) is 0.814. The van der Waals surface area contributed by atoms with Gasteiger partial charge in [0.25, 0.3) is 0 Å². The number of fused-ring (bicyclic) bond motifs is 1. The second kappa shape index (κ2) is 6.05. The highest BCUT2D eigenvalue weighted by Crippen LogP contribution is 2.33. The predicted octanol–water partition coefficient (Wildman–Crippen LogP) is 3.96. The lowest BCUT2D eigenvalue weighted by atomic mass is 9.94. The second-order valence-corrected chi connectivity index (χ2v) is 6.80. The van der Waals surface area contributed by atoms with Gasteiger partial charge in [0.2, 0.25) is 0 Å². The molecule has 110 valence electrons. The Kier molecular flexibility index (Phi) is 4.34. The highest BCUT2D eigenvalue weighted by molar-refractivity contribution is 6.31. The fraction of sp³-hybridized carbons (Fsp3) is 0.647. The lowest BCUT2D eigenvalue weighted by molar-refractivity contribution is -0.00457. The highest BCUT2D eigenvalue weighted by Gasteiger charge is 2.35. The van der Waals surface area contributed by atoms with Crippen LogP contribution in [0.25, 0.3) is 0 Å². The number of hydrogen-bond donors (Lipinski definition) is 0. The van der Waals surface area contributed by atoms with Crippen LogP contribution < -0.4 is 0 Å². The zero-order valence-corrected chi connectivity index (χ0v) is 13.3. The van der Waals surface area contributed by atoms with Crippen LogP contribution in [-0.4, -0.2) is 41.5 Å². The van der Waals surface area contributed by atoms with Crippen molar-refractivity contribution in [2.45, 2.75) is 51.2 Å². The van der Waals surface area contributed by atoms with E-state index in [9.17, 15) is 0 Å². The predicted molar refractivity (Wildman–Crippen MR) is 85.2 cm³/mol. The highest BCUT2D eigenvalue weighted by atomic mass is 35.5. The van der Waals surface area contributed by atoms with Gasteiger partial charge < -0.3 is 0 Å². The molecule has 20 heavy (non-hydrogen) atoms. The van der Waals surface area contributed by atoms with Crippen molar-refractivity contribution in [2.24, 2.45) is 0 Å². The van der Waals surface area contributed by atoms with E-state index in [0.29, 0.717) is 12.1 Å². The van der Waals surface area contributed by atoms with E-state index in [2.05, 4.69) is 35.8 Å². The van der Waals surface area contributed by atoms with Gasteiger partial charge >= 0.3 is 0 Å². The van der Waals surface area contributed by atoms with E-state index < -0.39 is 0 Å².